The van der Waals surface area contributed by atoms with Crippen LogP contribution >= 0.6 is 0 Å². The summed E-state index contributed by atoms with van der Waals surface area (Å²) in [6.07, 6.45) is 1.48. The van der Waals surface area contributed by atoms with Gasteiger partial charge in [0.1, 0.15) is 11.4 Å². The number of sulfone groups is 1. The Morgan fingerprint density at radius 2 is 1.72 bits per heavy atom. The van der Waals surface area contributed by atoms with Crippen molar-refractivity contribution in [2.24, 2.45) is 5.92 Å². The Bertz CT molecular complexity index is 836. The Balaban J connectivity index is 0.00000312. The van der Waals surface area contributed by atoms with Gasteiger partial charge in [0.15, 0.2) is 9.84 Å². The SMILES string of the molecule is CC(C)C[C@H](NC(c1ccc2ccccc2c1)S(C)(=O)=O)C(=O)O.[LiH]. The van der Waals surface area contributed by atoms with Gasteiger partial charge in [-0.15, -0.1) is 0 Å². The zero-order chi connectivity index (χ0) is 17.9. The number of hydrogen-bond acceptors (Lipinski definition) is 4. The standard InChI is InChI=1S/C18H23NO4S.Li.H/c1-12(2)10-16(18(20)21)19-17(24(3,22)23)15-9-8-13-6-4-5-7-14(13)11-15;;/h4-9,11-12,16-17,19H,10H2,1-3H3,(H,20,21);;/t16-,17?;;/m0../s1. The molecule has 0 aliphatic rings. The molecule has 0 aliphatic carbocycles. The van der Waals surface area contributed by atoms with Gasteiger partial charge in [0, 0.05) is 6.26 Å². The molecule has 5 nitrogen and oxygen atoms in total. The number of rotatable bonds is 7. The summed E-state index contributed by atoms with van der Waals surface area (Å²) in [6.45, 7) is 3.81. The summed E-state index contributed by atoms with van der Waals surface area (Å²) in [6, 6.07) is 12.1. The van der Waals surface area contributed by atoms with Gasteiger partial charge in [-0.05, 0) is 34.7 Å². The van der Waals surface area contributed by atoms with Gasteiger partial charge < -0.3 is 5.11 Å². The van der Waals surface area contributed by atoms with Crippen LogP contribution in [0.15, 0.2) is 42.5 Å². The topological polar surface area (TPSA) is 83.5 Å². The fraction of sp³-hybridized carbons (Fsp3) is 0.389. The molecule has 2 rings (SSSR count). The van der Waals surface area contributed by atoms with Gasteiger partial charge in [-0.3, -0.25) is 10.1 Å². The molecule has 0 amide bonds. The number of fused-ring (bicyclic) bond motifs is 1. The van der Waals surface area contributed by atoms with Crippen molar-refractivity contribution in [2.45, 2.75) is 31.7 Å². The number of aliphatic carboxylic acids is 1. The molecule has 0 radical (unpaired) electrons. The zero-order valence-corrected chi connectivity index (χ0v) is 14.9. The Morgan fingerprint density at radius 1 is 1.12 bits per heavy atom. The Labute approximate surface area is 160 Å². The number of hydrogen-bond donors (Lipinski definition) is 2. The predicted octanol–water partition coefficient (Wildman–Crippen LogP) is 2.32. The molecule has 0 spiro atoms. The van der Waals surface area contributed by atoms with E-state index in [9.17, 15) is 18.3 Å². The second-order valence-electron chi connectivity index (χ2n) is 6.50. The average molecular weight is 357 g/mol. The number of carboxylic acid groups (broad SMARTS) is 1. The third-order valence-electron chi connectivity index (χ3n) is 3.86. The van der Waals surface area contributed by atoms with Gasteiger partial charge in [0.25, 0.3) is 0 Å². The van der Waals surface area contributed by atoms with Crippen LogP contribution in [0, 0.1) is 5.92 Å². The predicted molar refractivity (Wildman–Crippen MR) is 103 cm³/mol. The van der Waals surface area contributed by atoms with Gasteiger partial charge in [0.05, 0.1) is 0 Å². The van der Waals surface area contributed by atoms with Crippen molar-refractivity contribution in [2.75, 3.05) is 6.26 Å². The van der Waals surface area contributed by atoms with Gasteiger partial charge in [-0.2, -0.15) is 0 Å². The number of carbonyl (C=O) groups is 1. The molecule has 0 heterocycles. The molecule has 132 valence electrons. The fourth-order valence-corrected chi connectivity index (χ4v) is 3.78. The van der Waals surface area contributed by atoms with Crippen LogP contribution in [0.25, 0.3) is 10.8 Å². The van der Waals surface area contributed by atoms with Crippen molar-refractivity contribution in [3.8, 4) is 0 Å². The van der Waals surface area contributed by atoms with Crippen LogP contribution in [0.1, 0.15) is 31.2 Å². The normalized spacial score (nSPS) is 14.1. The molecule has 2 N–H and O–H groups in total. The molecule has 0 saturated carbocycles. The van der Waals surface area contributed by atoms with E-state index >= 15 is 0 Å². The summed E-state index contributed by atoms with van der Waals surface area (Å²) < 4.78 is 24.5. The van der Waals surface area contributed by atoms with E-state index in [2.05, 4.69) is 5.32 Å². The minimum atomic E-state index is -3.53. The minimum absolute atomic E-state index is 0. The third kappa shape index (κ3) is 5.86. The van der Waals surface area contributed by atoms with E-state index in [0.29, 0.717) is 12.0 Å². The molecule has 2 aromatic carbocycles. The second-order valence-corrected chi connectivity index (χ2v) is 8.63. The molecule has 2 atom stereocenters. The number of carboxylic acids is 1. The molecule has 0 bridgehead atoms. The Kier molecular flexibility index (Phi) is 7.70. The molecule has 0 aliphatic heterocycles. The summed E-state index contributed by atoms with van der Waals surface area (Å²) in [7, 11) is -3.53. The maximum absolute atomic E-state index is 12.3. The van der Waals surface area contributed by atoms with E-state index in [4.69, 9.17) is 0 Å². The van der Waals surface area contributed by atoms with Crippen molar-refractivity contribution < 1.29 is 18.3 Å². The summed E-state index contributed by atoms with van der Waals surface area (Å²) in [5.41, 5.74) is 0.547. The van der Waals surface area contributed by atoms with Crippen molar-refractivity contribution >= 4 is 45.4 Å². The molecule has 0 saturated heterocycles. The molecule has 7 heteroatoms. The third-order valence-corrected chi connectivity index (χ3v) is 5.13. The Hall–Kier alpha value is -1.32. The van der Waals surface area contributed by atoms with Crippen molar-refractivity contribution in [1.82, 2.24) is 5.32 Å². The summed E-state index contributed by atoms with van der Waals surface area (Å²) in [4.78, 5) is 11.5. The van der Waals surface area contributed by atoms with E-state index in [1.54, 1.807) is 12.1 Å². The average Bonchev–Trinajstić information content (AvgIpc) is 2.49. The molecule has 2 aromatic rings. The van der Waals surface area contributed by atoms with Crippen LogP contribution in [0.5, 0.6) is 0 Å². The van der Waals surface area contributed by atoms with Gasteiger partial charge in [-0.1, -0.05) is 50.2 Å². The van der Waals surface area contributed by atoms with E-state index in [-0.39, 0.29) is 24.8 Å². The zero-order valence-electron chi connectivity index (χ0n) is 14.1. The molecular formula is C18H24LiNO4S. The fourth-order valence-electron chi connectivity index (χ4n) is 2.73. The van der Waals surface area contributed by atoms with Crippen LogP contribution in [0.3, 0.4) is 0 Å². The van der Waals surface area contributed by atoms with Crippen LogP contribution in [0.4, 0.5) is 0 Å². The molecule has 0 fully saturated rings. The van der Waals surface area contributed by atoms with Gasteiger partial charge >= 0.3 is 24.8 Å². The molecule has 25 heavy (non-hydrogen) atoms. The molecule has 1 unspecified atom stereocenters. The van der Waals surface area contributed by atoms with Crippen LogP contribution in [0.2, 0.25) is 0 Å². The summed E-state index contributed by atoms with van der Waals surface area (Å²) in [5, 5.41) is 13.1. The van der Waals surface area contributed by atoms with E-state index in [1.165, 1.54) is 0 Å². The molecule has 0 aromatic heterocycles. The first-order valence-electron chi connectivity index (χ1n) is 7.85. The van der Waals surface area contributed by atoms with Crippen molar-refractivity contribution in [1.29, 1.82) is 0 Å². The van der Waals surface area contributed by atoms with E-state index in [1.807, 2.05) is 44.2 Å². The second kappa shape index (κ2) is 8.86. The van der Waals surface area contributed by atoms with E-state index < -0.39 is 27.2 Å². The first kappa shape index (κ1) is 21.7. The number of nitrogens with one attached hydrogen (secondary N) is 1. The summed E-state index contributed by atoms with van der Waals surface area (Å²) in [5.74, 6) is -0.909. The monoisotopic (exact) mass is 357 g/mol. The quantitative estimate of drug-likeness (QED) is 0.743. The van der Waals surface area contributed by atoms with Crippen molar-refractivity contribution in [3.05, 3.63) is 48.0 Å². The first-order chi connectivity index (χ1) is 11.2. The van der Waals surface area contributed by atoms with Gasteiger partial charge in [-0.25, -0.2) is 8.42 Å². The van der Waals surface area contributed by atoms with E-state index in [0.717, 1.165) is 17.0 Å². The van der Waals surface area contributed by atoms with Crippen molar-refractivity contribution in [3.63, 3.8) is 0 Å². The van der Waals surface area contributed by atoms with Crippen LogP contribution < -0.4 is 5.32 Å². The van der Waals surface area contributed by atoms with Gasteiger partial charge in [0.2, 0.25) is 0 Å². The number of benzene rings is 2. The van der Waals surface area contributed by atoms with Crippen LogP contribution in [-0.2, 0) is 14.6 Å². The Morgan fingerprint density at radius 3 is 2.24 bits per heavy atom. The summed E-state index contributed by atoms with van der Waals surface area (Å²) >= 11 is 0. The molecular weight excluding hydrogens is 333 g/mol. The van der Waals surface area contributed by atoms with Crippen LogP contribution in [-0.4, -0.2) is 50.7 Å². The maximum atomic E-state index is 12.3. The first-order valence-corrected chi connectivity index (χ1v) is 9.80.